The van der Waals surface area contributed by atoms with Gasteiger partial charge in [-0.2, -0.15) is 0 Å². The van der Waals surface area contributed by atoms with E-state index in [1.54, 1.807) is 30.3 Å². The summed E-state index contributed by atoms with van der Waals surface area (Å²) in [6, 6.07) is 10.2. The summed E-state index contributed by atoms with van der Waals surface area (Å²) in [7, 11) is 0. The zero-order chi connectivity index (χ0) is 16.3. The van der Waals surface area contributed by atoms with Crippen molar-refractivity contribution in [3.63, 3.8) is 0 Å². The second-order valence-electron chi connectivity index (χ2n) is 4.91. The predicted molar refractivity (Wildman–Crippen MR) is 93.7 cm³/mol. The molecular weight excluding hydrogens is 364 g/mol. The fourth-order valence-electron chi connectivity index (χ4n) is 1.95. The number of halogens is 4. The van der Waals surface area contributed by atoms with Crippen LogP contribution in [0.4, 0.5) is 0 Å². The summed E-state index contributed by atoms with van der Waals surface area (Å²) in [6.07, 6.45) is 0. The number of carbonyl (C=O) groups excluding carboxylic acids is 1. The fourth-order valence-corrected chi connectivity index (χ4v) is 2.75. The lowest BCUT2D eigenvalue weighted by Crippen LogP contribution is -2.27. The lowest BCUT2D eigenvalue weighted by atomic mass is 10.0. The second kappa shape index (κ2) is 7.56. The van der Waals surface area contributed by atoms with Gasteiger partial charge in [-0.25, -0.2) is 0 Å². The van der Waals surface area contributed by atoms with Crippen LogP contribution in [-0.4, -0.2) is 12.5 Å². The normalized spacial score (nSPS) is 12.0. The first-order valence-corrected chi connectivity index (χ1v) is 8.08. The van der Waals surface area contributed by atoms with E-state index in [0.717, 1.165) is 5.56 Å². The molecule has 116 valence electrons. The Labute approximate surface area is 149 Å². The lowest BCUT2D eigenvalue weighted by Gasteiger charge is -2.14. The maximum atomic E-state index is 12.1. The summed E-state index contributed by atoms with van der Waals surface area (Å²) in [5.41, 5.74) is 1.39. The Bertz CT molecular complexity index is 703. The molecule has 6 heteroatoms. The molecule has 2 aromatic rings. The van der Waals surface area contributed by atoms with Crippen molar-refractivity contribution < 1.29 is 4.79 Å². The van der Waals surface area contributed by atoms with Crippen LogP contribution >= 0.6 is 46.4 Å². The van der Waals surface area contributed by atoms with Gasteiger partial charge in [0.15, 0.2) is 0 Å². The third kappa shape index (κ3) is 4.30. The third-order valence-electron chi connectivity index (χ3n) is 3.26. The first kappa shape index (κ1) is 17.4. The predicted octanol–water partition coefficient (Wildman–Crippen LogP) is 5.83. The number of hydrogen-bond acceptors (Lipinski definition) is 1. The molecule has 22 heavy (non-hydrogen) atoms. The average Bonchev–Trinajstić information content (AvgIpc) is 2.47. The van der Waals surface area contributed by atoms with E-state index in [-0.39, 0.29) is 11.8 Å². The van der Waals surface area contributed by atoms with Crippen molar-refractivity contribution in [2.75, 3.05) is 6.54 Å². The van der Waals surface area contributed by atoms with E-state index < -0.39 is 0 Å². The largest absolute Gasteiger partial charge is 0.351 e. The molecule has 1 unspecified atom stereocenters. The smallest absolute Gasteiger partial charge is 0.252 e. The highest BCUT2D eigenvalue weighted by Crippen LogP contribution is 2.26. The van der Waals surface area contributed by atoms with E-state index in [0.29, 0.717) is 32.2 Å². The number of benzene rings is 2. The van der Waals surface area contributed by atoms with Crippen LogP contribution in [0.15, 0.2) is 36.4 Å². The Hall–Kier alpha value is -0.930. The van der Waals surface area contributed by atoms with Crippen LogP contribution in [0, 0.1) is 0 Å². The van der Waals surface area contributed by atoms with E-state index in [2.05, 4.69) is 5.32 Å². The third-order valence-corrected chi connectivity index (χ3v) is 4.54. The molecule has 0 saturated heterocycles. The molecule has 1 N–H and O–H groups in total. The van der Waals surface area contributed by atoms with Crippen LogP contribution in [0.5, 0.6) is 0 Å². The van der Waals surface area contributed by atoms with Crippen LogP contribution in [0.1, 0.15) is 28.8 Å². The summed E-state index contributed by atoms with van der Waals surface area (Å²) in [5.74, 6) is -0.154. The summed E-state index contributed by atoms with van der Waals surface area (Å²) in [6.45, 7) is 2.44. The number of amides is 1. The SMILES string of the molecule is CC(CNC(=O)c1ccc(Cl)cc1Cl)c1ccc(Cl)c(Cl)c1. The minimum absolute atomic E-state index is 0.0878. The number of nitrogens with one attached hydrogen (secondary N) is 1. The number of hydrogen-bond donors (Lipinski definition) is 1. The molecule has 0 aliphatic rings. The zero-order valence-electron chi connectivity index (χ0n) is 11.7. The molecular formula is C16H13Cl4NO. The van der Waals surface area contributed by atoms with E-state index >= 15 is 0 Å². The minimum atomic E-state index is -0.242. The van der Waals surface area contributed by atoms with Crippen molar-refractivity contribution in [2.24, 2.45) is 0 Å². The molecule has 0 spiro atoms. The maximum Gasteiger partial charge on any atom is 0.252 e. The van der Waals surface area contributed by atoms with E-state index in [9.17, 15) is 4.79 Å². The molecule has 0 aliphatic carbocycles. The van der Waals surface area contributed by atoms with E-state index in [1.807, 2.05) is 13.0 Å². The van der Waals surface area contributed by atoms with Gasteiger partial charge in [0.05, 0.1) is 20.6 Å². The van der Waals surface area contributed by atoms with Gasteiger partial charge in [0.1, 0.15) is 0 Å². The Morgan fingerprint density at radius 3 is 2.36 bits per heavy atom. The molecule has 0 bridgehead atoms. The van der Waals surface area contributed by atoms with Gasteiger partial charge in [-0.1, -0.05) is 59.4 Å². The monoisotopic (exact) mass is 375 g/mol. The molecule has 0 fully saturated rings. The topological polar surface area (TPSA) is 29.1 Å². The van der Waals surface area contributed by atoms with Crippen molar-refractivity contribution in [1.82, 2.24) is 5.32 Å². The molecule has 0 saturated carbocycles. The average molecular weight is 377 g/mol. The second-order valence-corrected chi connectivity index (χ2v) is 6.57. The minimum Gasteiger partial charge on any atom is -0.351 e. The van der Waals surface area contributed by atoms with Gasteiger partial charge >= 0.3 is 0 Å². The van der Waals surface area contributed by atoms with E-state index in [1.165, 1.54) is 0 Å². The van der Waals surface area contributed by atoms with Gasteiger partial charge in [0, 0.05) is 11.6 Å². The summed E-state index contributed by atoms with van der Waals surface area (Å²) < 4.78 is 0. The quantitative estimate of drug-likeness (QED) is 0.714. The van der Waals surface area contributed by atoms with Crippen molar-refractivity contribution in [2.45, 2.75) is 12.8 Å². The molecule has 1 atom stereocenters. The van der Waals surface area contributed by atoms with Gasteiger partial charge < -0.3 is 5.32 Å². The van der Waals surface area contributed by atoms with Crippen LogP contribution in [0.2, 0.25) is 20.1 Å². The standard InChI is InChI=1S/C16H13Cl4NO/c1-9(10-2-5-13(18)15(20)6-10)8-21-16(22)12-4-3-11(17)7-14(12)19/h2-7,9H,8H2,1H3,(H,21,22). The highest BCUT2D eigenvalue weighted by molar-refractivity contribution is 6.42. The summed E-state index contributed by atoms with van der Waals surface area (Å²) in [5, 5.41) is 4.67. The van der Waals surface area contributed by atoms with Crippen molar-refractivity contribution >= 4 is 52.3 Å². The molecule has 0 aromatic heterocycles. The Morgan fingerprint density at radius 1 is 1.00 bits per heavy atom. The molecule has 0 radical (unpaired) electrons. The Kier molecular flexibility index (Phi) is 5.99. The number of carbonyl (C=O) groups is 1. The molecule has 0 aliphatic heterocycles. The highest BCUT2D eigenvalue weighted by Gasteiger charge is 2.13. The fraction of sp³-hybridized carbons (Fsp3) is 0.188. The molecule has 2 aromatic carbocycles. The lowest BCUT2D eigenvalue weighted by molar-refractivity contribution is 0.0952. The first-order valence-electron chi connectivity index (χ1n) is 6.56. The van der Waals surface area contributed by atoms with Crippen LogP contribution in [0.25, 0.3) is 0 Å². The van der Waals surface area contributed by atoms with Gasteiger partial charge in [0.25, 0.3) is 5.91 Å². The first-order chi connectivity index (χ1) is 10.4. The molecule has 1 amide bonds. The van der Waals surface area contributed by atoms with Crippen molar-refractivity contribution in [3.05, 3.63) is 67.6 Å². The Morgan fingerprint density at radius 2 is 1.73 bits per heavy atom. The van der Waals surface area contributed by atoms with Crippen LogP contribution < -0.4 is 5.32 Å². The van der Waals surface area contributed by atoms with Gasteiger partial charge in [0.2, 0.25) is 0 Å². The van der Waals surface area contributed by atoms with Crippen LogP contribution in [0.3, 0.4) is 0 Å². The summed E-state index contributed by atoms with van der Waals surface area (Å²) in [4.78, 5) is 12.1. The Balaban J connectivity index is 2.02. The molecule has 2 rings (SSSR count). The highest BCUT2D eigenvalue weighted by atomic mass is 35.5. The zero-order valence-corrected chi connectivity index (χ0v) is 14.7. The van der Waals surface area contributed by atoms with Crippen molar-refractivity contribution in [1.29, 1.82) is 0 Å². The maximum absolute atomic E-state index is 12.1. The number of rotatable bonds is 4. The van der Waals surface area contributed by atoms with Gasteiger partial charge in [-0.15, -0.1) is 0 Å². The van der Waals surface area contributed by atoms with E-state index in [4.69, 9.17) is 46.4 Å². The van der Waals surface area contributed by atoms with Crippen molar-refractivity contribution in [3.8, 4) is 0 Å². The van der Waals surface area contributed by atoms with Crippen LogP contribution in [-0.2, 0) is 0 Å². The molecule has 2 nitrogen and oxygen atoms in total. The van der Waals surface area contributed by atoms with Gasteiger partial charge in [-0.3, -0.25) is 4.79 Å². The summed E-state index contributed by atoms with van der Waals surface area (Å²) >= 11 is 23.7. The van der Waals surface area contributed by atoms with Gasteiger partial charge in [-0.05, 0) is 41.8 Å². The molecule has 0 heterocycles.